The van der Waals surface area contributed by atoms with Crippen LogP contribution in [-0.4, -0.2) is 29.3 Å². The first-order chi connectivity index (χ1) is 14.0. The van der Waals surface area contributed by atoms with E-state index < -0.39 is 5.97 Å². The highest BCUT2D eigenvalue weighted by molar-refractivity contribution is 6.33. The molecule has 0 saturated carbocycles. The van der Waals surface area contributed by atoms with E-state index in [9.17, 15) is 14.4 Å². The highest BCUT2D eigenvalue weighted by Crippen LogP contribution is 2.25. The lowest BCUT2D eigenvalue weighted by atomic mass is 10.1. The molecule has 3 rings (SSSR count). The number of fused-ring (bicyclic) bond motifs is 1. The number of carbonyl (C=O) groups is 3. The molecular formula is C22H21ClN2O4. The highest BCUT2D eigenvalue weighted by Gasteiger charge is 2.17. The van der Waals surface area contributed by atoms with Gasteiger partial charge < -0.3 is 14.6 Å². The number of amides is 1. The third kappa shape index (κ3) is 4.32. The molecule has 0 aliphatic rings. The van der Waals surface area contributed by atoms with E-state index in [-0.39, 0.29) is 23.0 Å². The third-order valence-electron chi connectivity index (χ3n) is 4.61. The van der Waals surface area contributed by atoms with Crippen molar-refractivity contribution in [3.8, 4) is 0 Å². The summed E-state index contributed by atoms with van der Waals surface area (Å²) < 4.78 is 6.91. The maximum atomic E-state index is 12.6. The van der Waals surface area contributed by atoms with Gasteiger partial charge in [0, 0.05) is 27.8 Å². The van der Waals surface area contributed by atoms with Crippen molar-refractivity contribution >= 4 is 46.4 Å². The topological polar surface area (TPSA) is 77.4 Å². The number of esters is 1. The summed E-state index contributed by atoms with van der Waals surface area (Å²) in [6, 6.07) is 12.1. The van der Waals surface area contributed by atoms with Crippen LogP contribution in [-0.2, 0) is 16.1 Å². The predicted octanol–water partition coefficient (Wildman–Crippen LogP) is 4.62. The van der Waals surface area contributed by atoms with Crippen molar-refractivity contribution in [3.63, 3.8) is 0 Å². The summed E-state index contributed by atoms with van der Waals surface area (Å²) in [7, 11) is 0. The predicted molar refractivity (Wildman–Crippen MR) is 113 cm³/mol. The van der Waals surface area contributed by atoms with E-state index in [1.54, 1.807) is 23.6 Å². The second-order valence-electron chi connectivity index (χ2n) is 6.60. The standard InChI is InChI=1S/C22H21ClN2O4/c1-3-10-29-22(28)17-11-15(8-9-19(17)23)24-21(27)12-25-14(2)18(13-26)16-6-4-5-7-20(16)25/h4-9,11,13H,3,10,12H2,1-2H3,(H,24,27). The van der Waals surface area contributed by atoms with Crippen LogP contribution in [0.25, 0.3) is 10.9 Å². The Hall–Kier alpha value is -3.12. The molecule has 0 radical (unpaired) electrons. The van der Waals surface area contributed by atoms with E-state index in [2.05, 4.69) is 5.32 Å². The number of carbonyl (C=O) groups excluding carboxylic acids is 3. The average Bonchev–Trinajstić information content (AvgIpc) is 2.98. The summed E-state index contributed by atoms with van der Waals surface area (Å²) in [5.41, 5.74) is 2.73. The lowest BCUT2D eigenvalue weighted by molar-refractivity contribution is -0.116. The van der Waals surface area contributed by atoms with Crippen molar-refractivity contribution in [2.75, 3.05) is 11.9 Å². The molecule has 0 atom stereocenters. The number of benzene rings is 2. The zero-order valence-electron chi connectivity index (χ0n) is 16.2. The number of aromatic nitrogens is 1. The number of nitrogens with one attached hydrogen (secondary N) is 1. The summed E-state index contributed by atoms with van der Waals surface area (Å²) >= 11 is 6.09. The Morgan fingerprint density at radius 2 is 1.97 bits per heavy atom. The molecule has 29 heavy (non-hydrogen) atoms. The van der Waals surface area contributed by atoms with Gasteiger partial charge in [-0.2, -0.15) is 0 Å². The van der Waals surface area contributed by atoms with E-state index in [0.29, 0.717) is 24.3 Å². The van der Waals surface area contributed by atoms with Crippen LogP contribution in [0.15, 0.2) is 42.5 Å². The van der Waals surface area contributed by atoms with Gasteiger partial charge in [0.2, 0.25) is 5.91 Å². The number of para-hydroxylation sites is 1. The van der Waals surface area contributed by atoms with Crippen molar-refractivity contribution < 1.29 is 19.1 Å². The largest absolute Gasteiger partial charge is 0.462 e. The zero-order valence-corrected chi connectivity index (χ0v) is 17.0. The molecule has 1 heterocycles. The SMILES string of the molecule is CCCOC(=O)c1cc(NC(=O)Cn2c(C)c(C=O)c3ccccc32)ccc1Cl. The molecule has 1 aromatic heterocycles. The molecule has 6 nitrogen and oxygen atoms in total. The summed E-state index contributed by atoms with van der Waals surface area (Å²) in [5, 5.41) is 3.84. The summed E-state index contributed by atoms with van der Waals surface area (Å²) in [6.45, 7) is 4.03. The lowest BCUT2D eigenvalue weighted by Gasteiger charge is -2.11. The van der Waals surface area contributed by atoms with Gasteiger partial charge in [0.05, 0.1) is 17.2 Å². The van der Waals surface area contributed by atoms with Crippen LogP contribution in [0.2, 0.25) is 5.02 Å². The number of anilines is 1. The van der Waals surface area contributed by atoms with Crippen LogP contribution >= 0.6 is 11.6 Å². The van der Waals surface area contributed by atoms with E-state index in [1.807, 2.05) is 31.2 Å². The first kappa shape index (κ1) is 20.6. The van der Waals surface area contributed by atoms with Gasteiger partial charge >= 0.3 is 5.97 Å². The Kier molecular flexibility index (Phi) is 6.34. The monoisotopic (exact) mass is 412 g/mol. The molecule has 1 N–H and O–H groups in total. The molecule has 150 valence electrons. The molecule has 0 bridgehead atoms. The molecule has 0 aliphatic heterocycles. The Morgan fingerprint density at radius 3 is 2.69 bits per heavy atom. The van der Waals surface area contributed by atoms with Crippen LogP contribution in [0, 0.1) is 6.92 Å². The van der Waals surface area contributed by atoms with E-state index in [4.69, 9.17) is 16.3 Å². The number of rotatable bonds is 7. The van der Waals surface area contributed by atoms with Gasteiger partial charge in [0.25, 0.3) is 0 Å². The summed E-state index contributed by atoms with van der Waals surface area (Å²) in [4.78, 5) is 36.2. The van der Waals surface area contributed by atoms with Crippen LogP contribution < -0.4 is 5.32 Å². The minimum atomic E-state index is -0.532. The zero-order chi connectivity index (χ0) is 21.0. The maximum Gasteiger partial charge on any atom is 0.339 e. The van der Waals surface area contributed by atoms with Crippen molar-refractivity contribution in [1.29, 1.82) is 0 Å². The van der Waals surface area contributed by atoms with Crippen molar-refractivity contribution in [1.82, 2.24) is 4.57 Å². The smallest absolute Gasteiger partial charge is 0.339 e. The molecule has 7 heteroatoms. The van der Waals surface area contributed by atoms with E-state index >= 15 is 0 Å². The van der Waals surface area contributed by atoms with E-state index in [0.717, 1.165) is 22.9 Å². The Balaban J connectivity index is 1.82. The number of ether oxygens (including phenoxy) is 1. The van der Waals surface area contributed by atoms with Crippen molar-refractivity contribution in [2.24, 2.45) is 0 Å². The minimum absolute atomic E-state index is 0.0262. The fraction of sp³-hybridized carbons (Fsp3) is 0.227. The maximum absolute atomic E-state index is 12.6. The molecule has 3 aromatic rings. The second kappa shape index (κ2) is 8.92. The van der Waals surface area contributed by atoms with Crippen LogP contribution in [0.1, 0.15) is 39.8 Å². The molecule has 0 aliphatic carbocycles. The third-order valence-corrected chi connectivity index (χ3v) is 4.94. The second-order valence-corrected chi connectivity index (χ2v) is 7.01. The fourth-order valence-corrected chi connectivity index (χ4v) is 3.38. The van der Waals surface area contributed by atoms with Gasteiger partial charge in [-0.05, 0) is 37.6 Å². The number of halogens is 1. The number of aldehydes is 1. The van der Waals surface area contributed by atoms with Gasteiger partial charge in [-0.15, -0.1) is 0 Å². The number of nitrogens with zero attached hydrogens (tertiary/aromatic N) is 1. The Labute approximate surface area is 173 Å². The highest BCUT2D eigenvalue weighted by atomic mass is 35.5. The van der Waals surface area contributed by atoms with Gasteiger partial charge in [0.15, 0.2) is 6.29 Å². The first-order valence-electron chi connectivity index (χ1n) is 9.25. The first-order valence-corrected chi connectivity index (χ1v) is 9.63. The van der Waals surface area contributed by atoms with Crippen LogP contribution in [0.5, 0.6) is 0 Å². The normalized spacial score (nSPS) is 10.7. The number of hydrogen-bond donors (Lipinski definition) is 1. The molecule has 0 saturated heterocycles. The lowest BCUT2D eigenvalue weighted by Crippen LogP contribution is -2.20. The Bertz CT molecular complexity index is 1090. The quantitative estimate of drug-likeness (QED) is 0.453. The van der Waals surface area contributed by atoms with Gasteiger partial charge in [-0.25, -0.2) is 4.79 Å². The van der Waals surface area contributed by atoms with Crippen molar-refractivity contribution in [2.45, 2.75) is 26.8 Å². The van der Waals surface area contributed by atoms with Gasteiger partial charge in [0.1, 0.15) is 6.54 Å². The summed E-state index contributed by atoms with van der Waals surface area (Å²) in [5.74, 6) is -0.822. The Morgan fingerprint density at radius 1 is 1.21 bits per heavy atom. The van der Waals surface area contributed by atoms with Crippen LogP contribution in [0.3, 0.4) is 0 Å². The van der Waals surface area contributed by atoms with Crippen LogP contribution in [0.4, 0.5) is 5.69 Å². The van der Waals surface area contributed by atoms with E-state index in [1.165, 1.54) is 6.07 Å². The summed E-state index contributed by atoms with van der Waals surface area (Å²) in [6.07, 6.45) is 1.51. The molecular weight excluding hydrogens is 392 g/mol. The fourth-order valence-electron chi connectivity index (χ4n) is 3.19. The molecule has 2 aromatic carbocycles. The minimum Gasteiger partial charge on any atom is -0.462 e. The molecule has 0 fully saturated rings. The van der Waals surface area contributed by atoms with Crippen molar-refractivity contribution in [3.05, 3.63) is 64.3 Å². The van der Waals surface area contributed by atoms with Gasteiger partial charge in [-0.1, -0.05) is 36.7 Å². The number of hydrogen-bond acceptors (Lipinski definition) is 4. The molecule has 0 unspecified atom stereocenters. The molecule has 1 amide bonds. The van der Waals surface area contributed by atoms with Gasteiger partial charge in [-0.3, -0.25) is 9.59 Å². The average molecular weight is 413 g/mol. The molecule has 0 spiro atoms.